The van der Waals surface area contributed by atoms with Gasteiger partial charge in [0.15, 0.2) is 0 Å². The molecule has 4 heteroatoms. The minimum atomic E-state index is -0.678. The Morgan fingerprint density at radius 2 is 1.62 bits per heavy atom. The van der Waals surface area contributed by atoms with Gasteiger partial charge in [-0.25, -0.2) is 0 Å². The van der Waals surface area contributed by atoms with Crippen LogP contribution in [0.3, 0.4) is 0 Å². The van der Waals surface area contributed by atoms with Crippen LogP contribution in [0.4, 0.5) is 0 Å². The second kappa shape index (κ2) is 7.78. The van der Waals surface area contributed by atoms with E-state index in [4.69, 9.17) is 4.74 Å². The van der Waals surface area contributed by atoms with Gasteiger partial charge in [-0.3, -0.25) is 4.79 Å². The summed E-state index contributed by atoms with van der Waals surface area (Å²) in [7, 11) is 0. The molecule has 4 aliphatic carbocycles. The van der Waals surface area contributed by atoms with E-state index in [1.165, 1.54) is 19.3 Å². The summed E-state index contributed by atoms with van der Waals surface area (Å²) in [6, 6.07) is 0. The van der Waals surface area contributed by atoms with Crippen molar-refractivity contribution >= 4 is 5.78 Å². The lowest BCUT2D eigenvalue weighted by molar-refractivity contribution is -0.154. The summed E-state index contributed by atoms with van der Waals surface area (Å²) in [5.74, 6) is 3.34. The van der Waals surface area contributed by atoms with Gasteiger partial charge in [0, 0.05) is 12.3 Å². The topological polar surface area (TPSA) is 70.1 Å². The van der Waals surface area contributed by atoms with E-state index in [2.05, 4.69) is 41.5 Å². The third-order valence-corrected chi connectivity index (χ3v) is 11.9. The summed E-state index contributed by atoms with van der Waals surface area (Å²) >= 11 is 0. The van der Waals surface area contributed by atoms with Crippen molar-refractivity contribution in [3.8, 4) is 0 Å². The summed E-state index contributed by atoms with van der Waals surface area (Å²) < 4.78 is 5.90. The Morgan fingerprint density at radius 1 is 0.938 bits per heavy atom. The summed E-state index contributed by atoms with van der Waals surface area (Å²) in [4.78, 5) is 13.4. The molecule has 0 aromatic heterocycles. The van der Waals surface area contributed by atoms with Gasteiger partial charge < -0.3 is 14.9 Å². The van der Waals surface area contributed by atoms with Crippen LogP contribution in [0.2, 0.25) is 0 Å². The first-order chi connectivity index (χ1) is 15.0. The molecule has 0 amide bonds. The fraction of sp³-hybridized carbons (Fsp3) is 0.964. The van der Waals surface area contributed by atoms with Gasteiger partial charge in [0.25, 0.3) is 0 Å². The SMILES string of the molecule is CC(C)[C@H](C)[C@@H](O)[C@H](O)[C@@H](C)[C@H]1CC[C@H]2[C@@H]3CC(=O)[C@H]4C[C@H]5O[C@H]5C[C@]4(C)[C@H]3CC[C@]12C. The van der Waals surface area contributed by atoms with Crippen LogP contribution in [0.5, 0.6) is 0 Å². The average Bonchev–Trinajstić information content (AvgIpc) is 3.39. The predicted molar refractivity (Wildman–Crippen MR) is 125 cm³/mol. The van der Waals surface area contributed by atoms with Crippen LogP contribution >= 0.6 is 0 Å². The van der Waals surface area contributed by atoms with Crippen LogP contribution in [-0.4, -0.2) is 40.4 Å². The molecule has 1 aliphatic heterocycles. The fourth-order valence-corrected chi connectivity index (χ4v) is 9.48. The Hall–Kier alpha value is -0.450. The second-order valence-electron chi connectivity index (χ2n) is 13.4. The highest BCUT2D eigenvalue weighted by Gasteiger charge is 2.66. The molecule has 4 nitrogen and oxygen atoms in total. The van der Waals surface area contributed by atoms with E-state index in [1.54, 1.807) is 0 Å². The number of fused-ring (bicyclic) bond motifs is 6. The van der Waals surface area contributed by atoms with Crippen molar-refractivity contribution in [3.05, 3.63) is 0 Å². The summed E-state index contributed by atoms with van der Waals surface area (Å²) in [6.45, 7) is 13.3. The maximum absolute atomic E-state index is 13.4. The third kappa shape index (κ3) is 3.29. The highest BCUT2D eigenvalue weighted by molar-refractivity contribution is 5.83. The van der Waals surface area contributed by atoms with Gasteiger partial charge in [0.1, 0.15) is 5.78 Å². The predicted octanol–water partition coefficient (Wildman–Crippen LogP) is 4.85. The van der Waals surface area contributed by atoms with Gasteiger partial charge in [0.05, 0.1) is 24.4 Å². The minimum absolute atomic E-state index is 0.0793. The zero-order valence-electron chi connectivity index (χ0n) is 21.1. The maximum Gasteiger partial charge on any atom is 0.136 e. The van der Waals surface area contributed by atoms with Crippen molar-refractivity contribution in [2.75, 3.05) is 0 Å². The molecule has 1 saturated heterocycles. The van der Waals surface area contributed by atoms with Crippen molar-refractivity contribution in [1.29, 1.82) is 0 Å². The number of rotatable bonds is 5. The summed E-state index contributed by atoms with van der Waals surface area (Å²) in [5, 5.41) is 22.0. The zero-order chi connectivity index (χ0) is 23.2. The standard InChI is InChI=1S/C28H46O4/c1-14(2)15(3)25(30)26(31)16(4)18-7-8-19-17-11-22(29)21-12-23-24(32-23)13-28(21,6)20(17)9-10-27(18,19)5/h14-21,23-26,30-31H,7-13H2,1-6H3/t15-,16-,17-,18+,19-,20-,21+,23+,24-,25+,26+,27+,28+/m0/s1. The quantitative estimate of drug-likeness (QED) is 0.592. The number of carbonyl (C=O) groups excluding carboxylic acids is 1. The molecule has 2 N–H and O–H groups in total. The Labute approximate surface area is 194 Å². The third-order valence-electron chi connectivity index (χ3n) is 11.9. The molecule has 0 aromatic rings. The van der Waals surface area contributed by atoms with Crippen molar-refractivity contribution in [1.82, 2.24) is 0 Å². The molecule has 0 bridgehead atoms. The zero-order valence-corrected chi connectivity index (χ0v) is 21.1. The Balaban J connectivity index is 1.36. The first kappa shape index (κ1) is 23.3. The lowest BCUT2D eigenvalue weighted by Gasteiger charge is -2.59. The van der Waals surface area contributed by atoms with Gasteiger partial charge in [-0.1, -0.05) is 41.5 Å². The van der Waals surface area contributed by atoms with Crippen molar-refractivity contribution in [2.24, 2.45) is 58.2 Å². The molecule has 5 aliphatic rings. The molecular weight excluding hydrogens is 400 g/mol. The molecule has 13 atom stereocenters. The monoisotopic (exact) mass is 446 g/mol. The number of Topliss-reactive ketones (excluding diaryl/α,β-unsaturated/α-hetero) is 1. The van der Waals surface area contributed by atoms with E-state index in [-0.39, 0.29) is 28.6 Å². The molecule has 0 spiro atoms. The average molecular weight is 447 g/mol. The Morgan fingerprint density at radius 3 is 2.31 bits per heavy atom. The van der Waals surface area contributed by atoms with Crippen LogP contribution in [-0.2, 0) is 9.53 Å². The van der Waals surface area contributed by atoms with Gasteiger partial charge in [0.2, 0.25) is 0 Å². The molecule has 0 unspecified atom stereocenters. The summed E-state index contributed by atoms with van der Waals surface area (Å²) in [5.41, 5.74) is 0.282. The highest BCUT2D eigenvalue weighted by Crippen LogP contribution is 2.69. The molecule has 5 fully saturated rings. The van der Waals surface area contributed by atoms with Crippen molar-refractivity contribution in [3.63, 3.8) is 0 Å². The van der Waals surface area contributed by atoms with E-state index >= 15 is 0 Å². The molecule has 0 aromatic carbocycles. The number of ketones is 1. The molecule has 5 rings (SSSR count). The number of ether oxygens (including phenoxy) is 1. The number of hydrogen-bond acceptors (Lipinski definition) is 4. The number of carbonyl (C=O) groups is 1. The Kier molecular flexibility index (Phi) is 5.67. The van der Waals surface area contributed by atoms with E-state index < -0.39 is 12.2 Å². The van der Waals surface area contributed by atoms with Crippen LogP contribution in [0.25, 0.3) is 0 Å². The first-order valence-electron chi connectivity index (χ1n) is 13.5. The first-order valence-corrected chi connectivity index (χ1v) is 13.5. The van der Waals surface area contributed by atoms with E-state index in [0.717, 1.165) is 25.7 Å². The minimum Gasteiger partial charge on any atom is -0.390 e. The maximum atomic E-state index is 13.4. The lowest BCUT2D eigenvalue weighted by atomic mass is 9.44. The Bertz CT molecular complexity index is 750. The molecule has 32 heavy (non-hydrogen) atoms. The van der Waals surface area contributed by atoms with E-state index in [1.807, 2.05) is 0 Å². The number of aliphatic hydroxyl groups is 2. The smallest absolute Gasteiger partial charge is 0.136 e. The van der Waals surface area contributed by atoms with Gasteiger partial charge in [-0.2, -0.15) is 0 Å². The van der Waals surface area contributed by atoms with Crippen molar-refractivity contribution < 1.29 is 19.7 Å². The van der Waals surface area contributed by atoms with Crippen molar-refractivity contribution in [2.45, 2.75) is 111 Å². The van der Waals surface area contributed by atoms with Crippen LogP contribution < -0.4 is 0 Å². The highest BCUT2D eigenvalue weighted by atomic mass is 16.6. The largest absolute Gasteiger partial charge is 0.390 e. The molecular formula is C28H46O4. The van der Waals surface area contributed by atoms with Crippen LogP contribution in [0.15, 0.2) is 0 Å². The van der Waals surface area contributed by atoms with Gasteiger partial charge in [-0.05, 0) is 90.8 Å². The molecule has 1 heterocycles. The van der Waals surface area contributed by atoms with Crippen LogP contribution in [0, 0.1) is 58.2 Å². The lowest BCUT2D eigenvalue weighted by Crippen LogP contribution is -2.57. The van der Waals surface area contributed by atoms with Crippen LogP contribution in [0.1, 0.15) is 86.5 Å². The van der Waals surface area contributed by atoms with Gasteiger partial charge in [-0.15, -0.1) is 0 Å². The second-order valence-corrected chi connectivity index (χ2v) is 13.4. The number of epoxide rings is 1. The van der Waals surface area contributed by atoms with Gasteiger partial charge >= 0.3 is 0 Å². The van der Waals surface area contributed by atoms with E-state index in [9.17, 15) is 15.0 Å². The fourth-order valence-electron chi connectivity index (χ4n) is 9.48. The molecule has 182 valence electrons. The number of hydrogen-bond donors (Lipinski definition) is 2. The summed E-state index contributed by atoms with van der Waals surface area (Å²) in [6.07, 6.45) is 6.92. The molecule has 0 radical (unpaired) electrons. The number of aliphatic hydroxyl groups excluding tert-OH is 2. The molecule has 4 saturated carbocycles. The normalized spacial score (nSPS) is 51.2. The van der Waals surface area contributed by atoms with E-state index in [0.29, 0.717) is 47.6 Å².